The number of amides is 1. The molecule has 0 saturated carbocycles. The molecule has 0 saturated heterocycles. The Labute approximate surface area is 177 Å². The summed E-state index contributed by atoms with van der Waals surface area (Å²) >= 11 is 2.62. The number of aromatic amines is 1. The van der Waals surface area contributed by atoms with Crippen LogP contribution in [0.4, 0.5) is 5.82 Å². The number of nitrogens with one attached hydrogen (secondary N) is 2. The second-order valence-corrected chi connectivity index (χ2v) is 8.30. The Balaban J connectivity index is 1.98. The molecule has 1 heterocycles. The molecule has 10 heteroatoms. The summed E-state index contributed by atoms with van der Waals surface area (Å²) in [6, 6.07) is 10.2. The molecule has 0 aliphatic carbocycles. The predicted molar refractivity (Wildman–Crippen MR) is 116 cm³/mol. The average molecular weight is 437 g/mol. The normalized spacial score (nSPS) is 12.8. The number of carbonyl (C=O) groups is 2. The Morgan fingerprint density at radius 1 is 1.31 bits per heavy atom. The molecular formula is C19H24N4O4S2. The number of rotatable bonds is 10. The number of ether oxygens (including phenoxy) is 1. The maximum atomic E-state index is 12.7. The second-order valence-electron chi connectivity index (χ2n) is 6.08. The van der Waals surface area contributed by atoms with Crippen LogP contribution in [-0.2, 0) is 20.1 Å². The van der Waals surface area contributed by atoms with Gasteiger partial charge in [-0.25, -0.2) is 9.78 Å². The fourth-order valence-electron chi connectivity index (χ4n) is 2.41. The molecule has 2 atom stereocenters. The second kappa shape index (κ2) is 11.5. The van der Waals surface area contributed by atoms with E-state index in [-0.39, 0.29) is 22.4 Å². The Bertz CT molecular complexity index is 876. The van der Waals surface area contributed by atoms with Crippen LogP contribution in [0, 0.1) is 0 Å². The van der Waals surface area contributed by atoms with Crippen molar-refractivity contribution in [2.24, 2.45) is 0 Å². The number of hydrogen-bond acceptors (Lipinski definition) is 8. The van der Waals surface area contributed by atoms with E-state index in [0.717, 1.165) is 17.3 Å². The summed E-state index contributed by atoms with van der Waals surface area (Å²) in [7, 11) is 1.29. The third-order valence-electron chi connectivity index (χ3n) is 3.86. The van der Waals surface area contributed by atoms with Crippen LogP contribution >= 0.6 is 23.5 Å². The zero-order valence-electron chi connectivity index (χ0n) is 16.2. The lowest BCUT2D eigenvalue weighted by molar-refractivity contribution is -0.144. The summed E-state index contributed by atoms with van der Waals surface area (Å²) in [5.41, 5.74) is 6.33. The summed E-state index contributed by atoms with van der Waals surface area (Å²) in [5.74, 6) is 0.329. The number of esters is 1. The van der Waals surface area contributed by atoms with Crippen molar-refractivity contribution in [3.05, 3.63) is 52.3 Å². The van der Waals surface area contributed by atoms with Crippen LogP contribution in [-0.4, -0.2) is 46.0 Å². The van der Waals surface area contributed by atoms with Crippen molar-refractivity contribution in [1.82, 2.24) is 15.3 Å². The summed E-state index contributed by atoms with van der Waals surface area (Å²) < 4.78 is 4.83. The van der Waals surface area contributed by atoms with Gasteiger partial charge in [-0.15, -0.1) is 0 Å². The molecule has 156 valence electrons. The zero-order valence-corrected chi connectivity index (χ0v) is 17.8. The van der Waals surface area contributed by atoms with E-state index in [1.54, 1.807) is 0 Å². The van der Waals surface area contributed by atoms with Crippen molar-refractivity contribution in [1.29, 1.82) is 0 Å². The molecule has 8 nitrogen and oxygen atoms in total. The van der Waals surface area contributed by atoms with Gasteiger partial charge < -0.3 is 20.8 Å². The zero-order chi connectivity index (χ0) is 21.2. The number of anilines is 1. The van der Waals surface area contributed by atoms with Gasteiger partial charge in [0, 0.05) is 17.6 Å². The van der Waals surface area contributed by atoms with Crippen LogP contribution in [0.25, 0.3) is 0 Å². The topological polar surface area (TPSA) is 127 Å². The molecule has 0 bridgehead atoms. The van der Waals surface area contributed by atoms with Gasteiger partial charge >= 0.3 is 5.97 Å². The molecule has 0 aliphatic rings. The Morgan fingerprint density at radius 3 is 2.66 bits per heavy atom. The van der Waals surface area contributed by atoms with Crippen LogP contribution in [0.3, 0.4) is 0 Å². The summed E-state index contributed by atoms with van der Waals surface area (Å²) in [5, 5.41) is 2.45. The van der Waals surface area contributed by atoms with Gasteiger partial charge in [0.15, 0.2) is 5.16 Å². The molecule has 2 aromatic rings. The van der Waals surface area contributed by atoms with Crippen molar-refractivity contribution in [2.75, 3.05) is 18.6 Å². The Morgan fingerprint density at radius 2 is 2.03 bits per heavy atom. The van der Waals surface area contributed by atoms with Gasteiger partial charge in [0.2, 0.25) is 5.91 Å². The monoisotopic (exact) mass is 436 g/mol. The molecule has 1 aromatic heterocycles. The molecule has 0 aliphatic heterocycles. The first-order valence-corrected chi connectivity index (χ1v) is 11.0. The van der Waals surface area contributed by atoms with Crippen molar-refractivity contribution in [2.45, 2.75) is 35.5 Å². The third-order valence-corrected chi connectivity index (χ3v) is 6.21. The minimum absolute atomic E-state index is 0.0799. The lowest BCUT2D eigenvalue weighted by Gasteiger charge is -2.20. The van der Waals surface area contributed by atoms with E-state index in [1.807, 2.05) is 37.3 Å². The maximum Gasteiger partial charge on any atom is 0.329 e. The molecule has 29 heavy (non-hydrogen) atoms. The number of aromatic nitrogens is 2. The minimum Gasteiger partial charge on any atom is -0.467 e. The molecule has 2 unspecified atom stereocenters. The number of benzene rings is 1. The van der Waals surface area contributed by atoms with Gasteiger partial charge in [-0.3, -0.25) is 9.59 Å². The average Bonchev–Trinajstić information content (AvgIpc) is 2.70. The van der Waals surface area contributed by atoms with E-state index >= 15 is 0 Å². The first-order chi connectivity index (χ1) is 13.9. The number of nitrogens with two attached hydrogens (primary N) is 1. The first-order valence-electron chi connectivity index (χ1n) is 8.96. The lowest BCUT2D eigenvalue weighted by atomic mass is 10.2. The fraction of sp³-hybridized carbons (Fsp3) is 0.368. The summed E-state index contributed by atoms with van der Waals surface area (Å²) in [6.45, 7) is 1.83. The van der Waals surface area contributed by atoms with E-state index in [4.69, 9.17) is 10.5 Å². The molecule has 1 amide bonds. The minimum atomic E-state index is -0.774. The quantitative estimate of drug-likeness (QED) is 0.292. The molecular weight excluding hydrogens is 412 g/mol. The maximum absolute atomic E-state index is 12.7. The van der Waals surface area contributed by atoms with Gasteiger partial charge in [-0.1, -0.05) is 49.0 Å². The van der Waals surface area contributed by atoms with Crippen molar-refractivity contribution in [3.8, 4) is 0 Å². The third kappa shape index (κ3) is 7.47. The smallest absolute Gasteiger partial charge is 0.329 e. The molecule has 0 fully saturated rings. The summed E-state index contributed by atoms with van der Waals surface area (Å²) in [4.78, 5) is 42.9. The highest BCUT2D eigenvalue weighted by molar-refractivity contribution is 8.00. The number of thioether (sulfide) groups is 2. The van der Waals surface area contributed by atoms with E-state index in [1.165, 1.54) is 24.9 Å². The highest BCUT2D eigenvalue weighted by atomic mass is 32.2. The van der Waals surface area contributed by atoms with Gasteiger partial charge in [-0.2, -0.15) is 11.8 Å². The number of nitrogen functional groups attached to an aromatic ring is 1. The fourth-order valence-corrected chi connectivity index (χ4v) is 4.34. The van der Waals surface area contributed by atoms with Crippen molar-refractivity contribution < 1.29 is 14.3 Å². The van der Waals surface area contributed by atoms with Crippen LogP contribution in [0.5, 0.6) is 0 Å². The van der Waals surface area contributed by atoms with Crippen LogP contribution in [0.1, 0.15) is 18.9 Å². The molecule has 0 spiro atoms. The van der Waals surface area contributed by atoms with Crippen LogP contribution in [0.15, 0.2) is 46.3 Å². The van der Waals surface area contributed by atoms with Gasteiger partial charge in [0.1, 0.15) is 11.9 Å². The van der Waals surface area contributed by atoms with Gasteiger partial charge in [0.25, 0.3) is 5.56 Å². The van der Waals surface area contributed by atoms with Gasteiger partial charge in [-0.05, 0) is 12.0 Å². The number of nitrogens with zero attached hydrogens (tertiary/aromatic N) is 1. The first kappa shape index (κ1) is 22.8. The number of H-pyrrole nitrogens is 1. The molecule has 1 aromatic carbocycles. The number of hydrogen-bond donors (Lipinski definition) is 3. The summed E-state index contributed by atoms with van der Waals surface area (Å²) in [6.07, 6.45) is 0.472. The van der Waals surface area contributed by atoms with E-state index in [9.17, 15) is 14.4 Å². The number of methoxy groups -OCH3 is 1. The Hall–Kier alpha value is -2.46. The highest BCUT2D eigenvalue weighted by Gasteiger charge is 2.26. The highest BCUT2D eigenvalue weighted by Crippen LogP contribution is 2.22. The lowest BCUT2D eigenvalue weighted by Crippen LogP contribution is -2.46. The SMILES string of the molecule is CCC(Sc1nc(N)cc(=O)[nH]1)C(=O)NC(CSCc1ccccc1)C(=O)OC. The molecule has 4 N–H and O–H groups in total. The van der Waals surface area contributed by atoms with Crippen molar-refractivity contribution >= 4 is 41.2 Å². The van der Waals surface area contributed by atoms with E-state index in [2.05, 4.69) is 15.3 Å². The predicted octanol–water partition coefficient (Wildman–Crippen LogP) is 1.81. The van der Waals surface area contributed by atoms with Crippen LogP contribution < -0.4 is 16.6 Å². The van der Waals surface area contributed by atoms with Crippen LogP contribution in [0.2, 0.25) is 0 Å². The standard InChI is InChI=1S/C19H24N4O4S2/c1-3-14(29-19-22-15(20)9-16(24)23-19)17(25)21-13(18(26)27-2)11-28-10-12-7-5-4-6-8-12/h4-9,13-14H,3,10-11H2,1-2H3,(H,21,25)(H3,20,22,23,24). The molecule has 0 radical (unpaired) electrons. The van der Waals surface area contributed by atoms with Gasteiger partial charge in [0.05, 0.1) is 12.4 Å². The largest absolute Gasteiger partial charge is 0.467 e. The molecule has 2 rings (SSSR count). The van der Waals surface area contributed by atoms with E-state index < -0.39 is 17.3 Å². The van der Waals surface area contributed by atoms with E-state index in [0.29, 0.717) is 17.9 Å². The van der Waals surface area contributed by atoms with Crippen molar-refractivity contribution in [3.63, 3.8) is 0 Å². The Kier molecular flexibility index (Phi) is 9.07. The number of carbonyl (C=O) groups excluding carboxylic acids is 2.